The largest absolute Gasteiger partial charge is 0.389 e. The quantitative estimate of drug-likeness (QED) is 0.609. The Balaban J connectivity index is 1.54. The van der Waals surface area contributed by atoms with Gasteiger partial charge in [-0.2, -0.15) is 0 Å². The highest BCUT2D eigenvalue weighted by molar-refractivity contribution is 14.1. The number of aliphatic hydroxyl groups is 1. The minimum absolute atomic E-state index is 0.360. The van der Waals surface area contributed by atoms with Crippen molar-refractivity contribution in [3.63, 3.8) is 0 Å². The average Bonchev–Trinajstić information content (AvgIpc) is 2.74. The Labute approximate surface area is 118 Å². The molecule has 98 valence electrons. The lowest BCUT2D eigenvalue weighted by molar-refractivity contribution is -0.0229. The Kier molecular flexibility index (Phi) is 3.67. The predicted molar refractivity (Wildman–Crippen MR) is 77.0 cm³/mol. The van der Waals surface area contributed by atoms with Gasteiger partial charge in [0.1, 0.15) is 0 Å². The van der Waals surface area contributed by atoms with Crippen LogP contribution >= 0.6 is 22.9 Å². The van der Waals surface area contributed by atoms with E-state index in [0.29, 0.717) is 0 Å². The van der Waals surface area contributed by atoms with Gasteiger partial charge in [0.2, 0.25) is 0 Å². The molecule has 1 aliphatic carbocycles. The van der Waals surface area contributed by atoms with Crippen LogP contribution in [0.4, 0.5) is 0 Å². The molecule has 17 heavy (non-hydrogen) atoms. The minimum Gasteiger partial charge on any atom is -0.389 e. The fourth-order valence-corrected chi connectivity index (χ4v) is 4.96. The lowest BCUT2D eigenvalue weighted by atomic mass is 9.84. The van der Waals surface area contributed by atoms with Gasteiger partial charge in [-0.15, -0.1) is 0 Å². The number of rotatable bonds is 2. The molecule has 2 aliphatic heterocycles. The van der Waals surface area contributed by atoms with Crippen LogP contribution in [0.15, 0.2) is 0 Å². The third kappa shape index (κ3) is 2.80. The molecule has 4 heteroatoms. The van der Waals surface area contributed by atoms with Crippen molar-refractivity contribution in [2.45, 2.75) is 37.7 Å². The van der Waals surface area contributed by atoms with Gasteiger partial charge in [0.25, 0.3) is 0 Å². The summed E-state index contributed by atoms with van der Waals surface area (Å²) in [6.07, 6.45) is 5.81. The molecule has 3 nitrogen and oxygen atoms in total. The van der Waals surface area contributed by atoms with Gasteiger partial charge in [-0.3, -0.25) is 4.90 Å². The summed E-state index contributed by atoms with van der Waals surface area (Å²) in [5.74, 6) is 1.72. The molecule has 0 unspecified atom stereocenters. The third-order valence-corrected chi connectivity index (χ3v) is 5.61. The second-order valence-electron chi connectivity index (χ2n) is 6.33. The number of nitrogens with zero attached hydrogens (tertiary/aromatic N) is 2. The molecule has 3 rings (SSSR count). The van der Waals surface area contributed by atoms with Crippen LogP contribution in [-0.2, 0) is 0 Å². The second kappa shape index (κ2) is 4.94. The molecule has 0 radical (unpaired) electrons. The van der Waals surface area contributed by atoms with E-state index >= 15 is 0 Å². The molecule has 2 atom stereocenters. The Hall–Kier alpha value is 0.610. The molecule has 1 N–H and O–H groups in total. The van der Waals surface area contributed by atoms with E-state index in [1.807, 2.05) is 0 Å². The van der Waals surface area contributed by atoms with Crippen LogP contribution in [0.1, 0.15) is 32.1 Å². The normalized spacial score (nSPS) is 38.5. The average molecular weight is 350 g/mol. The van der Waals surface area contributed by atoms with Crippen molar-refractivity contribution in [1.29, 1.82) is 0 Å². The number of β-amino-alcohol motifs (C(OH)–C–C–N with tert-alkyl or cyclic N) is 1. The van der Waals surface area contributed by atoms with Gasteiger partial charge in [-0.05, 0) is 24.7 Å². The Morgan fingerprint density at radius 1 is 1.00 bits per heavy atom. The topological polar surface area (TPSA) is 26.7 Å². The molecule has 0 spiro atoms. The fourth-order valence-electron chi connectivity index (χ4n) is 3.95. The highest BCUT2D eigenvalue weighted by Gasteiger charge is 2.41. The summed E-state index contributed by atoms with van der Waals surface area (Å²) in [6.45, 7) is 5.86. The summed E-state index contributed by atoms with van der Waals surface area (Å²) in [5, 5.41) is 10.6. The first kappa shape index (κ1) is 12.6. The van der Waals surface area contributed by atoms with E-state index in [0.717, 1.165) is 31.2 Å². The molecule has 1 saturated carbocycles. The first-order valence-electron chi connectivity index (χ1n) is 7.00. The summed E-state index contributed by atoms with van der Waals surface area (Å²) in [4.78, 5) is 2.53. The zero-order chi connectivity index (χ0) is 11.9. The predicted octanol–water partition coefficient (Wildman–Crippen LogP) is 1.90. The maximum Gasteiger partial charge on any atom is 0.0774 e. The van der Waals surface area contributed by atoms with Crippen molar-refractivity contribution in [3.8, 4) is 0 Å². The molecular weight excluding hydrogens is 327 g/mol. The summed E-state index contributed by atoms with van der Waals surface area (Å²) in [7, 11) is 0. The van der Waals surface area contributed by atoms with E-state index in [1.165, 1.54) is 45.4 Å². The molecule has 0 aromatic rings. The van der Waals surface area contributed by atoms with Gasteiger partial charge in [0.15, 0.2) is 0 Å². The van der Waals surface area contributed by atoms with Gasteiger partial charge in [-0.1, -0.05) is 19.3 Å². The van der Waals surface area contributed by atoms with Gasteiger partial charge in [-0.25, -0.2) is 3.11 Å². The monoisotopic (exact) mass is 350 g/mol. The van der Waals surface area contributed by atoms with Crippen molar-refractivity contribution in [2.75, 3.05) is 32.7 Å². The molecule has 0 bridgehead atoms. The first-order chi connectivity index (χ1) is 8.15. The second-order valence-corrected chi connectivity index (χ2v) is 7.69. The number of fused-ring (bicyclic) bond motifs is 1. The van der Waals surface area contributed by atoms with E-state index < -0.39 is 0 Å². The molecule has 0 amide bonds. The summed E-state index contributed by atoms with van der Waals surface area (Å²) in [5.41, 5.74) is -0.360. The van der Waals surface area contributed by atoms with Crippen molar-refractivity contribution < 1.29 is 5.11 Å². The van der Waals surface area contributed by atoms with Crippen molar-refractivity contribution >= 4 is 22.9 Å². The molecule has 0 aromatic carbocycles. The van der Waals surface area contributed by atoms with Gasteiger partial charge >= 0.3 is 0 Å². The first-order valence-corrected chi connectivity index (χ1v) is 7.97. The van der Waals surface area contributed by atoms with Gasteiger partial charge in [0, 0.05) is 55.6 Å². The Bertz CT molecular complexity index is 267. The van der Waals surface area contributed by atoms with Crippen molar-refractivity contribution in [3.05, 3.63) is 0 Å². The highest BCUT2D eigenvalue weighted by atomic mass is 127. The van der Waals surface area contributed by atoms with Crippen molar-refractivity contribution in [2.24, 2.45) is 11.8 Å². The number of halogens is 1. The van der Waals surface area contributed by atoms with Crippen LogP contribution in [0.5, 0.6) is 0 Å². The molecule has 3 fully saturated rings. The van der Waals surface area contributed by atoms with E-state index in [1.54, 1.807) is 0 Å². The summed E-state index contributed by atoms with van der Waals surface area (Å²) >= 11 is 2.45. The molecule has 3 aliphatic rings. The summed E-state index contributed by atoms with van der Waals surface area (Å²) < 4.78 is 2.43. The van der Waals surface area contributed by atoms with E-state index in [4.69, 9.17) is 0 Å². The van der Waals surface area contributed by atoms with E-state index in [2.05, 4.69) is 30.9 Å². The van der Waals surface area contributed by atoms with Crippen LogP contribution in [0.2, 0.25) is 0 Å². The van der Waals surface area contributed by atoms with Gasteiger partial charge in [0.05, 0.1) is 5.60 Å². The number of likely N-dealkylation sites (tertiary alicyclic amines) is 1. The van der Waals surface area contributed by atoms with Crippen LogP contribution < -0.4 is 0 Å². The lowest BCUT2D eigenvalue weighted by Gasteiger charge is -2.36. The highest BCUT2D eigenvalue weighted by Crippen LogP contribution is 2.35. The Morgan fingerprint density at radius 3 is 2.18 bits per heavy atom. The molecule has 2 saturated heterocycles. The van der Waals surface area contributed by atoms with Crippen LogP contribution in [0.3, 0.4) is 0 Å². The zero-order valence-electron chi connectivity index (χ0n) is 10.4. The minimum atomic E-state index is -0.360. The van der Waals surface area contributed by atoms with Crippen LogP contribution in [0.25, 0.3) is 0 Å². The Morgan fingerprint density at radius 2 is 1.59 bits per heavy atom. The molecular formula is C13H23IN2O. The van der Waals surface area contributed by atoms with Crippen LogP contribution in [-0.4, -0.2) is 51.4 Å². The lowest BCUT2D eigenvalue weighted by Crippen LogP contribution is -2.44. The van der Waals surface area contributed by atoms with Crippen LogP contribution in [0, 0.1) is 11.8 Å². The number of hydrogen-bond acceptors (Lipinski definition) is 3. The standard InChI is InChI=1S/C13H23IN2O/c14-16-8-11-6-15(7-12(11)9-16)10-13(17)4-2-1-3-5-13/h11-12,17H,1-10H2/t11-,12+. The zero-order valence-corrected chi connectivity index (χ0v) is 12.6. The maximum absolute atomic E-state index is 10.6. The van der Waals surface area contributed by atoms with Gasteiger partial charge < -0.3 is 5.11 Å². The van der Waals surface area contributed by atoms with E-state index in [-0.39, 0.29) is 5.60 Å². The SMILES string of the molecule is OC1(CN2C[C@H]3CN(I)C[C@H]3C2)CCCCC1. The molecule has 0 aromatic heterocycles. The number of hydrogen-bond donors (Lipinski definition) is 1. The van der Waals surface area contributed by atoms with E-state index in [9.17, 15) is 5.11 Å². The molecule has 2 heterocycles. The third-order valence-electron chi connectivity index (χ3n) is 4.82. The van der Waals surface area contributed by atoms with Crippen molar-refractivity contribution in [1.82, 2.24) is 8.01 Å². The maximum atomic E-state index is 10.6. The summed E-state index contributed by atoms with van der Waals surface area (Å²) in [6, 6.07) is 0. The smallest absolute Gasteiger partial charge is 0.0774 e. The fraction of sp³-hybridized carbons (Fsp3) is 1.00.